The Hall–Kier alpha value is -2.29. The van der Waals surface area contributed by atoms with Gasteiger partial charge in [0, 0.05) is 0 Å². The number of allylic oxidation sites excluding steroid dienone is 2. The smallest absolute Gasteiger partial charge is 0.178 e. The maximum absolute atomic E-state index is 11.4. The van der Waals surface area contributed by atoms with E-state index in [1.165, 1.54) is 12.2 Å². The molecule has 2 heterocycles. The molecule has 0 aromatic carbocycles. The first-order valence-electron chi connectivity index (χ1n) is 4.82. The van der Waals surface area contributed by atoms with E-state index in [-0.39, 0.29) is 5.78 Å². The standard InChI is InChI=1S/C13H10O3/c14-11(5-7-12-3-1-9-15-12)6-8-13-4-2-10-16-13/h1-10H. The molecule has 16 heavy (non-hydrogen) atoms. The molecule has 0 spiro atoms. The maximum Gasteiger partial charge on any atom is 0.178 e. The van der Waals surface area contributed by atoms with Crippen LogP contribution in [0, 0.1) is 0 Å². The van der Waals surface area contributed by atoms with Gasteiger partial charge in [-0.05, 0) is 48.6 Å². The van der Waals surface area contributed by atoms with Crippen molar-refractivity contribution >= 4 is 17.9 Å². The van der Waals surface area contributed by atoms with E-state index in [0.29, 0.717) is 11.5 Å². The Morgan fingerprint density at radius 2 is 1.44 bits per heavy atom. The molecule has 0 fully saturated rings. The van der Waals surface area contributed by atoms with Crippen LogP contribution in [0.1, 0.15) is 11.5 Å². The van der Waals surface area contributed by atoms with Crippen molar-refractivity contribution in [3.8, 4) is 0 Å². The maximum atomic E-state index is 11.4. The lowest BCUT2D eigenvalue weighted by molar-refractivity contribution is -0.110. The van der Waals surface area contributed by atoms with Crippen LogP contribution >= 0.6 is 0 Å². The van der Waals surface area contributed by atoms with Crippen LogP contribution in [0.5, 0.6) is 0 Å². The van der Waals surface area contributed by atoms with Gasteiger partial charge in [-0.25, -0.2) is 0 Å². The number of hydrogen-bond acceptors (Lipinski definition) is 3. The van der Waals surface area contributed by atoms with Gasteiger partial charge in [-0.3, -0.25) is 4.79 Å². The fraction of sp³-hybridized carbons (Fsp3) is 0. The highest BCUT2D eigenvalue weighted by atomic mass is 16.3. The molecule has 3 heteroatoms. The van der Waals surface area contributed by atoms with Gasteiger partial charge in [0.2, 0.25) is 0 Å². The summed E-state index contributed by atoms with van der Waals surface area (Å²) in [4.78, 5) is 11.4. The molecule has 0 unspecified atom stereocenters. The lowest BCUT2D eigenvalue weighted by Crippen LogP contribution is -1.83. The number of carbonyl (C=O) groups excluding carboxylic acids is 1. The van der Waals surface area contributed by atoms with Crippen molar-refractivity contribution in [3.63, 3.8) is 0 Å². The van der Waals surface area contributed by atoms with Gasteiger partial charge in [0.15, 0.2) is 5.78 Å². The minimum Gasteiger partial charge on any atom is -0.465 e. The zero-order chi connectivity index (χ0) is 11.2. The van der Waals surface area contributed by atoms with E-state index < -0.39 is 0 Å². The molecule has 0 amide bonds. The van der Waals surface area contributed by atoms with Crippen molar-refractivity contribution in [1.29, 1.82) is 0 Å². The molecule has 3 nitrogen and oxygen atoms in total. The first kappa shape index (κ1) is 10.2. The summed E-state index contributed by atoms with van der Waals surface area (Å²) in [5, 5.41) is 0. The van der Waals surface area contributed by atoms with Crippen molar-refractivity contribution in [3.05, 3.63) is 60.5 Å². The third-order valence-electron chi connectivity index (χ3n) is 1.91. The van der Waals surface area contributed by atoms with E-state index in [0.717, 1.165) is 0 Å². The van der Waals surface area contributed by atoms with Crippen molar-refractivity contribution in [2.24, 2.45) is 0 Å². The summed E-state index contributed by atoms with van der Waals surface area (Å²) < 4.78 is 10.1. The van der Waals surface area contributed by atoms with Crippen LogP contribution in [0.4, 0.5) is 0 Å². The molecule has 0 bridgehead atoms. The van der Waals surface area contributed by atoms with Crippen LogP contribution in [-0.2, 0) is 4.79 Å². The lowest BCUT2D eigenvalue weighted by Gasteiger charge is -1.84. The zero-order valence-electron chi connectivity index (χ0n) is 8.50. The van der Waals surface area contributed by atoms with Crippen LogP contribution < -0.4 is 0 Å². The fourth-order valence-corrected chi connectivity index (χ4v) is 1.16. The van der Waals surface area contributed by atoms with Gasteiger partial charge in [-0.1, -0.05) is 0 Å². The average molecular weight is 214 g/mol. The topological polar surface area (TPSA) is 43.4 Å². The number of hydrogen-bond donors (Lipinski definition) is 0. The molecular weight excluding hydrogens is 204 g/mol. The van der Waals surface area contributed by atoms with Gasteiger partial charge in [0.05, 0.1) is 12.5 Å². The van der Waals surface area contributed by atoms with E-state index in [4.69, 9.17) is 8.83 Å². The Morgan fingerprint density at radius 1 is 0.938 bits per heavy atom. The highest BCUT2D eigenvalue weighted by Crippen LogP contribution is 2.04. The van der Waals surface area contributed by atoms with Gasteiger partial charge in [0.1, 0.15) is 11.5 Å². The summed E-state index contributed by atoms with van der Waals surface area (Å²) >= 11 is 0. The summed E-state index contributed by atoms with van der Waals surface area (Å²) in [6, 6.07) is 7.09. The normalized spacial score (nSPS) is 11.5. The zero-order valence-corrected chi connectivity index (χ0v) is 8.50. The minimum atomic E-state index is -0.118. The summed E-state index contributed by atoms with van der Waals surface area (Å²) in [6.07, 6.45) is 9.24. The highest BCUT2D eigenvalue weighted by Gasteiger charge is 1.93. The number of rotatable bonds is 4. The molecule has 80 valence electrons. The molecule has 2 aromatic rings. The molecular formula is C13H10O3. The molecule has 0 atom stereocenters. The third-order valence-corrected chi connectivity index (χ3v) is 1.91. The third kappa shape index (κ3) is 2.85. The van der Waals surface area contributed by atoms with Crippen molar-refractivity contribution in [1.82, 2.24) is 0 Å². The first-order chi connectivity index (χ1) is 7.84. The minimum absolute atomic E-state index is 0.118. The Kier molecular flexibility index (Phi) is 3.18. The van der Waals surface area contributed by atoms with Gasteiger partial charge in [-0.15, -0.1) is 0 Å². The molecule has 0 radical (unpaired) electrons. The van der Waals surface area contributed by atoms with Gasteiger partial charge in [0.25, 0.3) is 0 Å². The Labute approximate surface area is 92.7 Å². The van der Waals surface area contributed by atoms with Crippen LogP contribution in [-0.4, -0.2) is 5.78 Å². The molecule has 0 N–H and O–H groups in total. The average Bonchev–Trinajstić information content (AvgIpc) is 2.96. The summed E-state index contributed by atoms with van der Waals surface area (Å²) in [5.74, 6) is 1.19. The predicted octanol–water partition coefficient (Wildman–Crippen LogP) is 3.17. The second-order valence-corrected chi connectivity index (χ2v) is 3.10. The monoisotopic (exact) mass is 214 g/mol. The predicted molar refractivity (Wildman–Crippen MR) is 60.5 cm³/mol. The second-order valence-electron chi connectivity index (χ2n) is 3.10. The molecule has 0 aliphatic heterocycles. The van der Waals surface area contributed by atoms with E-state index in [1.54, 1.807) is 48.9 Å². The largest absolute Gasteiger partial charge is 0.465 e. The number of carbonyl (C=O) groups is 1. The molecule has 2 rings (SSSR count). The van der Waals surface area contributed by atoms with Crippen molar-refractivity contribution in [2.45, 2.75) is 0 Å². The van der Waals surface area contributed by atoms with Crippen molar-refractivity contribution < 1.29 is 13.6 Å². The molecule has 0 saturated carbocycles. The SMILES string of the molecule is O=C(C=Cc1ccco1)C=Cc1ccco1. The molecule has 0 aliphatic rings. The van der Waals surface area contributed by atoms with Crippen LogP contribution in [0.3, 0.4) is 0 Å². The van der Waals surface area contributed by atoms with Crippen molar-refractivity contribution in [2.75, 3.05) is 0 Å². The Bertz CT molecular complexity index is 441. The highest BCUT2D eigenvalue weighted by molar-refractivity contribution is 6.04. The second kappa shape index (κ2) is 4.98. The van der Waals surface area contributed by atoms with Gasteiger partial charge in [-0.2, -0.15) is 0 Å². The lowest BCUT2D eigenvalue weighted by atomic mass is 10.3. The quantitative estimate of drug-likeness (QED) is 0.734. The van der Waals surface area contributed by atoms with E-state index in [9.17, 15) is 4.79 Å². The van der Waals surface area contributed by atoms with Crippen LogP contribution in [0.15, 0.2) is 57.8 Å². The summed E-state index contributed by atoms with van der Waals surface area (Å²) in [7, 11) is 0. The summed E-state index contributed by atoms with van der Waals surface area (Å²) in [6.45, 7) is 0. The molecule has 0 aliphatic carbocycles. The van der Waals surface area contributed by atoms with E-state index in [2.05, 4.69) is 0 Å². The van der Waals surface area contributed by atoms with E-state index in [1.807, 2.05) is 0 Å². The van der Waals surface area contributed by atoms with Gasteiger partial charge >= 0.3 is 0 Å². The number of furan rings is 2. The molecule has 2 aromatic heterocycles. The molecule has 0 saturated heterocycles. The summed E-state index contributed by atoms with van der Waals surface area (Å²) in [5.41, 5.74) is 0. The van der Waals surface area contributed by atoms with Crippen LogP contribution in [0.25, 0.3) is 12.2 Å². The van der Waals surface area contributed by atoms with Gasteiger partial charge < -0.3 is 8.83 Å². The fourth-order valence-electron chi connectivity index (χ4n) is 1.16. The Morgan fingerprint density at radius 3 is 1.81 bits per heavy atom. The van der Waals surface area contributed by atoms with Crippen LogP contribution in [0.2, 0.25) is 0 Å². The number of ketones is 1. The van der Waals surface area contributed by atoms with E-state index >= 15 is 0 Å². The Balaban J connectivity index is 1.94. The first-order valence-corrected chi connectivity index (χ1v) is 4.82.